The van der Waals surface area contributed by atoms with Crippen molar-refractivity contribution in [2.45, 2.75) is 329 Å². The molecule has 0 amide bonds. The number of carbonyl (C=O) groups excluding carboxylic acids is 3. The normalized spacial score (nSPS) is 12.7. The standard InChI is InChI=1S/C72H124O6/c1-4-7-10-13-16-19-21-23-25-27-29-31-33-34-35-36-37-38-40-41-43-45-47-49-51-53-56-59-62-65-71(74)77-68-69(67-76-70(73)64-61-58-55-18-15-12-9-6-3)78-72(75)66-63-60-57-54-52-50-48-46-44-42-39-32-30-28-26-24-22-20-17-14-11-8-5-2/h8,11,17,20,24,26-27,29-30,32,42,44,48,50,54,57,69H,4-7,9-10,12-16,18-19,21-23,25,28,31,33-41,43,45-47,49,51-53,55-56,58-68H2,1-3H3/b11-8-,20-17-,26-24-,29-27-,32-30-,44-42-,50-48-,57-54-. The zero-order chi connectivity index (χ0) is 56.4. The smallest absolute Gasteiger partial charge is 0.306 e. The molecule has 1 atom stereocenters. The molecule has 0 aromatic heterocycles. The third-order valence-electron chi connectivity index (χ3n) is 14.3. The fourth-order valence-electron chi connectivity index (χ4n) is 9.37. The second kappa shape index (κ2) is 65.8. The first-order chi connectivity index (χ1) is 38.5. The van der Waals surface area contributed by atoms with Gasteiger partial charge in [0.1, 0.15) is 13.2 Å². The van der Waals surface area contributed by atoms with Crippen LogP contribution in [0.4, 0.5) is 0 Å². The molecule has 0 spiro atoms. The number of hydrogen-bond donors (Lipinski definition) is 0. The Balaban J connectivity index is 4.20. The van der Waals surface area contributed by atoms with Crippen LogP contribution in [0.3, 0.4) is 0 Å². The summed E-state index contributed by atoms with van der Waals surface area (Å²) >= 11 is 0. The maximum absolute atomic E-state index is 12.9. The highest BCUT2D eigenvalue weighted by Gasteiger charge is 2.19. The van der Waals surface area contributed by atoms with E-state index in [-0.39, 0.29) is 37.5 Å². The van der Waals surface area contributed by atoms with E-state index in [0.717, 1.165) is 89.9 Å². The van der Waals surface area contributed by atoms with E-state index in [4.69, 9.17) is 14.2 Å². The average molecular weight is 1090 g/mol. The van der Waals surface area contributed by atoms with Crippen LogP contribution in [0.15, 0.2) is 97.2 Å². The topological polar surface area (TPSA) is 78.9 Å². The second-order valence-corrected chi connectivity index (χ2v) is 22.0. The van der Waals surface area contributed by atoms with Crippen LogP contribution in [-0.4, -0.2) is 37.2 Å². The Morgan fingerprint density at radius 3 is 0.833 bits per heavy atom. The van der Waals surface area contributed by atoms with Gasteiger partial charge < -0.3 is 14.2 Å². The maximum atomic E-state index is 12.9. The van der Waals surface area contributed by atoms with E-state index in [0.29, 0.717) is 19.3 Å². The summed E-state index contributed by atoms with van der Waals surface area (Å²) in [6.07, 6.45) is 88.9. The van der Waals surface area contributed by atoms with E-state index < -0.39 is 6.10 Å². The number of allylic oxidation sites excluding steroid dienone is 16. The highest BCUT2D eigenvalue weighted by Crippen LogP contribution is 2.17. The molecule has 0 rings (SSSR count). The number of ether oxygens (including phenoxy) is 3. The van der Waals surface area contributed by atoms with Gasteiger partial charge in [0, 0.05) is 19.3 Å². The van der Waals surface area contributed by atoms with Crippen molar-refractivity contribution in [2.24, 2.45) is 0 Å². The summed E-state index contributed by atoms with van der Waals surface area (Å²) in [7, 11) is 0. The van der Waals surface area contributed by atoms with Crippen LogP contribution >= 0.6 is 0 Å². The molecule has 0 heterocycles. The molecular formula is C72H124O6. The maximum Gasteiger partial charge on any atom is 0.306 e. The molecule has 0 aliphatic rings. The molecule has 448 valence electrons. The van der Waals surface area contributed by atoms with Crippen LogP contribution in [0.1, 0.15) is 323 Å². The molecule has 0 aromatic carbocycles. The van der Waals surface area contributed by atoms with Crippen LogP contribution in [0, 0.1) is 0 Å². The number of hydrogen-bond acceptors (Lipinski definition) is 6. The Bertz CT molecular complexity index is 1530. The lowest BCUT2D eigenvalue weighted by Gasteiger charge is -2.18. The van der Waals surface area contributed by atoms with Gasteiger partial charge in [-0.25, -0.2) is 0 Å². The number of rotatable bonds is 60. The molecule has 0 aliphatic carbocycles. The molecule has 0 aromatic rings. The minimum absolute atomic E-state index is 0.0980. The van der Waals surface area contributed by atoms with Crippen LogP contribution in [0.5, 0.6) is 0 Å². The molecular weight excluding hydrogens is 961 g/mol. The summed E-state index contributed by atoms with van der Waals surface area (Å²) in [5.74, 6) is -0.953. The number of esters is 3. The van der Waals surface area contributed by atoms with Crippen LogP contribution < -0.4 is 0 Å². The van der Waals surface area contributed by atoms with Gasteiger partial charge in [-0.15, -0.1) is 0 Å². The van der Waals surface area contributed by atoms with E-state index in [9.17, 15) is 14.4 Å². The first-order valence-electron chi connectivity index (χ1n) is 33.2. The Hall–Kier alpha value is -3.67. The highest BCUT2D eigenvalue weighted by atomic mass is 16.6. The molecule has 0 aliphatic heterocycles. The zero-order valence-electron chi connectivity index (χ0n) is 51.4. The Labute approximate surface area is 483 Å². The van der Waals surface area contributed by atoms with Gasteiger partial charge in [0.05, 0.1) is 0 Å². The van der Waals surface area contributed by atoms with Gasteiger partial charge in [-0.2, -0.15) is 0 Å². The molecule has 0 bridgehead atoms. The van der Waals surface area contributed by atoms with E-state index in [1.807, 2.05) is 0 Å². The lowest BCUT2D eigenvalue weighted by Crippen LogP contribution is -2.30. The SMILES string of the molecule is CC/C=C\C/C=C\C/C=C\C/C=C\C/C=C\C/C=C\C/C=C\CCCC(=O)OC(COC(=O)CCCCCCCCCC)COC(=O)CCCCCCCCCCCCCCCCCCC/C=C\CCCCCCCCCC. The van der Waals surface area contributed by atoms with Gasteiger partial charge in [0.15, 0.2) is 6.10 Å². The summed E-state index contributed by atoms with van der Waals surface area (Å²) in [5.41, 5.74) is 0. The lowest BCUT2D eigenvalue weighted by molar-refractivity contribution is -0.167. The molecule has 0 fully saturated rings. The van der Waals surface area contributed by atoms with Gasteiger partial charge in [0.2, 0.25) is 0 Å². The van der Waals surface area contributed by atoms with Crippen LogP contribution in [0.25, 0.3) is 0 Å². The Morgan fingerprint density at radius 1 is 0.269 bits per heavy atom. The third kappa shape index (κ3) is 63.2. The highest BCUT2D eigenvalue weighted by molar-refractivity contribution is 5.71. The van der Waals surface area contributed by atoms with Crippen molar-refractivity contribution >= 4 is 17.9 Å². The van der Waals surface area contributed by atoms with Crippen molar-refractivity contribution < 1.29 is 28.6 Å². The zero-order valence-corrected chi connectivity index (χ0v) is 51.4. The molecule has 0 saturated carbocycles. The van der Waals surface area contributed by atoms with Gasteiger partial charge in [-0.3, -0.25) is 14.4 Å². The summed E-state index contributed by atoms with van der Waals surface area (Å²) in [5, 5.41) is 0. The van der Waals surface area contributed by atoms with Gasteiger partial charge >= 0.3 is 17.9 Å². The van der Waals surface area contributed by atoms with E-state index in [1.54, 1.807) is 0 Å². The molecule has 78 heavy (non-hydrogen) atoms. The fourth-order valence-corrected chi connectivity index (χ4v) is 9.37. The van der Waals surface area contributed by atoms with Gasteiger partial charge in [-0.05, 0) is 96.3 Å². The van der Waals surface area contributed by atoms with Crippen LogP contribution in [-0.2, 0) is 28.6 Å². The first kappa shape index (κ1) is 74.3. The van der Waals surface area contributed by atoms with Crippen molar-refractivity contribution in [1.82, 2.24) is 0 Å². The summed E-state index contributed by atoms with van der Waals surface area (Å²) in [6, 6.07) is 0. The third-order valence-corrected chi connectivity index (χ3v) is 14.3. The monoisotopic (exact) mass is 1080 g/mol. The predicted octanol–water partition coefficient (Wildman–Crippen LogP) is 22.8. The molecule has 1 unspecified atom stereocenters. The fraction of sp³-hybridized carbons (Fsp3) is 0.736. The van der Waals surface area contributed by atoms with Crippen molar-refractivity contribution in [3.63, 3.8) is 0 Å². The Kier molecular flexibility index (Phi) is 62.7. The molecule has 6 heteroatoms. The van der Waals surface area contributed by atoms with Crippen LogP contribution in [0.2, 0.25) is 0 Å². The minimum Gasteiger partial charge on any atom is -0.462 e. The summed E-state index contributed by atoms with van der Waals surface area (Å²) < 4.78 is 16.8. The predicted molar refractivity (Wildman–Crippen MR) is 339 cm³/mol. The molecule has 0 N–H and O–H groups in total. The summed E-state index contributed by atoms with van der Waals surface area (Å²) in [4.78, 5) is 38.1. The minimum atomic E-state index is -0.806. The average Bonchev–Trinajstić information content (AvgIpc) is 3.44. The quantitative estimate of drug-likeness (QED) is 0.0261. The lowest BCUT2D eigenvalue weighted by atomic mass is 10.0. The largest absolute Gasteiger partial charge is 0.462 e. The Morgan fingerprint density at radius 2 is 0.513 bits per heavy atom. The molecule has 0 saturated heterocycles. The van der Waals surface area contributed by atoms with Crippen molar-refractivity contribution in [1.29, 1.82) is 0 Å². The van der Waals surface area contributed by atoms with Gasteiger partial charge in [-0.1, -0.05) is 304 Å². The second-order valence-electron chi connectivity index (χ2n) is 22.0. The van der Waals surface area contributed by atoms with E-state index in [1.165, 1.54) is 186 Å². The van der Waals surface area contributed by atoms with Gasteiger partial charge in [0.25, 0.3) is 0 Å². The van der Waals surface area contributed by atoms with Crippen molar-refractivity contribution in [2.75, 3.05) is 13.2 Å². The summed E-state index contributed by atoms with van der Waals surface area (Å²) in [6.45, 7) is 6.48. The number of unbranched alkanes of at least 4 members (excludes halogenated alkanes) is 33. The van der Waals surface area contributed by atoms with Crippen molar-refractivity contribution in [3.05, 3.63) is 97.2 Å². The van der Waals surface area contributed by atoms with E-state index >= 15 is 0 Å². The van der Waals surface area contributed by atoms with Crippen molar-refractivity contribution in [3.8, 4) is 0 Å². The van der Waals surface area contributed by atoms with E-state index in [2.05, 4.69) is 118 Å². The molecule has 6 nitrogen and oxygen atoms in total. The molecule has 0 radical (unpaired) electrons. The number of carbonyl (C=O) groups is 3. The first-order valence-corrected chi connectivity index (χ1v) is 33.2.